The van der Waals surface area contributed by atoms with Crippen molar-refractivity contribution in [1.82, 2.24) is 0 Å². The van der Waals surface area contributed by atoms with Crippen LogP contribution in [0.5, 0.6) is 0 Å². The summed E-state index contributed by atoms with van der Waals surface area (Å²) in [7, 11) is 2.19. The van der Waals surface area contributed by atoms with E-state index in [0.29, 0.717) is 0 Å². The van der Waals surface area contributed by atoms with Crippen molar-refractivity contribution in [1.29, 1.82) is 0 Å². The molecule has 0 heterocycles. The van der Waals surface area contributed by atoms with Gasteiger partial charge in [-0.25, -0.2) is 0 Å². The summed E-state index contributed by atoms with van der Waals surface area (Å²) in [6.45, 7) is -0.135. The zero-order valence-corrected chi connectivity index (χ0v) is 4.82. The fourth-order valence-electron chi connectivity index (χ4n) is 0.131. The zero-order valence-electron chi connectivity index (χ0n) is 3.66. The molecular formula is C3H6NO2P. The Morgan fingerprint density at radius 1 is 2.00 bits per heavy atom. The first-order chi connectivity index (χ1) is 3.27. The second kappa shape index (κ2) is 3.75. The third kappa shape index (κ3) is 5.57. The smallest absolute Gasteiger partial charge is 0.325 e. The number of rotatable bonds is 2. The van der Waals surface area contributed by atoms with Crippen molar-refractivity contribution < 1.29 is 9.90 Å². The Kier molecular flexibility index (Phi) is 3.52. The van der Waals surface area contributed by atoms with Gasteiger partial charge in [-0.1, -0.05) is 9.24 Å². The molecule has 3 nitrogen and oxygen atoms in total. The predicted octanol–water partition coefficient (Wildman–Crippen LogP) is -0.0256. The van der Waals surface area contributed by atoms with Crippen LogP contribution in [0, 0.1) is 0 Å². The first kappa shape index (κ1) is 6.57. The molecule has 0 amide bonds. The van der Waals surface area contributed by atoms with E-state index in [0.717, 1.165) is 0 Å². The molecule has 1 unspecified atom stereocenters. The minimum absolute atomic E-state index is 0.135. The normalized spacial score (nSPS) is 9.86. The molecule has 7 heavy (non-hydrogen) atoms. The largest absolute Gasteiger partial charge is 0.480 e. The van der Waals surface area contributed by atoms with Crippen LogP contribution in [0.4, 0.5) is 0 Å². The van der Waals surface area contributed by atoms with Crippen LogP contribution in [0.15, 0.2) is 4.99 Å². The predicted molar refractivity (Wildman–Crippen MR) is 30.7 cm³/mol. The van der Waals surface area contributed by atoms with Crippen molar-refractivity contribution in [3.8, 4) is 0 Å². The van der Waals surface area contributed by atoms with Gasteiger partial charge in [-0.05, 0) is 0 Å². The quantitative estimate of drug-likeness (QED) is 0.410. The molecule has 0 aromatic heterocycles. The molecule has 4 heteroatoms. The van der Waals surface area contributed by atoms with Crippen molar-refractivity contribution in [2.45, 2.75) is 0 Å². The van der Waals surface area contributed by atoms with Crippen LogP contribution in [0.2, 0.25) is 0 Å². The van der Waals surface area contributed by atoms with Gasteiger partial charge in [0.15, 0.2) is 0 Å². The number of carbonyl (C=O) groups is 1. The van der Waals surface area contributed by atoms with E-state index in [2.05, 4.69) is 14.2 Å². The number of hydrogen-bond acceptors (Lipinski definition) is 2. The Bertz CT molecular complexity index is 90.9. The molecule has 0 saturated heterocycles. The Balaban J connectivity index is 3.14. The lowest BCUT2D eigenvalue weighted by Gasteiger charge is -1.78. The van der Waals surface area contributed by atoms with Gasteiger partial charge < -0.3 is 5.11 Å². The molecular weight excluding hydrogens is 113 g/mol. The summed E-state index contributed by atoms with van der Waals surface area (Å²) in [6.07, 6.45) is 0. The van der Waals surface area contributed by atoms with Gasteiger partial charge in [0, 0.05) is 5.96 Å². The summed E-state index contributed by atoms with van der Waals surface area (Å²) < 4.78 is 0. The highest BCUT2D eigenvalue weighted by atomic mass is 31.0. The first-order valence-corrected chi connectivity index (χ1v) is 2.36. The lowest BCUT2D eigenvalue weighted by molar-refractivity contribution is -0.135. The summed E-state index contributed by atoms with van der Waals surface area (Å²) in [6, 6.07) is 0. The highest BCUT2D eigenvalue weighted by molar-refractivity contribution is 7.36. The molecule has 0 aliphatic rings. The Labute approximate surface area is 43.7 Å². The van der Waals surface area contributed by atoms with Crippen molar-refractivity contribution in [3.63, 3.8) is 0 Å². The number of carboxylic acid groups (broad SMARTS) is 1. The van der Waals surface area contributed by atoms with Crippen LogP contribution < -0.4 is 0 Å². The number of nitrogens with zero attached hydrogens (tertiary/aromatic N) is 1. The molecule has 0 rings (SSSR count). The minimum Gasteiger partial charge on any atom is -0.480 e. The van der Waals surface area contributed by atoms with Crippen LogP contribution in [0.1, 0.15) is 0 Å². The van der Waals surface area contributed by atoms with Gasteiger partial charge >= 0.3 is 5.97 Å². The summed E-state index contributed by atoms with van der Waals surface area (Å²) in [5.74, 6) is 0.479. The average molecular weight is 119 g/mol. The van der Waals surface area contributed by atoms with Crippen LogP contribution in [0.25, 0.3) is 0 Å². The third-order valence-electron chi connectivity index (χ3n) is 0.332. The molecule has 40 valence electrons. The third-order valence-corrected chi connectivity index (χ3v) is 0.543. The van der Waals surface area contributed by atoms with Crippen LogP contribution in [-0.2, 0) is 4.79 Å². The molecule has 0 spiro atoms. The molecule has 0 aliphatic heterocycles. The molecule has 1 atom stereocenters. The number of aliphatic imine (C=N–C) groups is 1. The van der Waals surface area contributed by atoms with E-state index in [9.17, 15) is 4.79 Å². The fraction of sp³-hybridized carbons (Fsp3) is 0.333. The summed E-state index contributed by atoms with van der Waals surface area (Å²) in [5.41, 5.74) is 0. The van der Waals surface area contributed by atoms with Crippen molar-refractivity contribution in [3.05, 3.63) is 0 Å². The maximum Gasteiger partial charge on any atom is 0.325 e. The fourth-order valence-corrected chi connectivity index (χ4v) is 0.236. The second-order valence-corrected chi connectivity index (χ2v) is 1.18. The van der Waals surface area contributed by atoms with Crippen molar-refractivity contribution >= 4 is 21.2 Å². The van der Waals surface area contributed by atoms with Gasteiger partial charge in [0.25, 0.3) is 0 Å². The molecule has 0 bridgehead atoms. The topological polar surface area (TPSA) is 49.7 Å². The molecule has 0 aromatic carbocycles. The maximum absolute atomic E-state index is 9.64. The number of carboxylic acids is 1. The molecule has 1 N–H and O–H groups in total. The van der Waals surface area contributed by atoms with E-state index in [1.807, 2.05) is 0 Å². The maximum atomic E-state index is 9.64. The summed E-state index contributed by atoms with van der Waals surface area (Å²) >= 11 is 0. The summed E-state index contributed by atoms with van der Waals surface area (Å²) in [5, 5.41) is 7.92. The van der Waals surface area contributed by atoms with Crippen molar-refractivity contribution in [2.24, 2.45) is 4.99 Å². The van der Waals surface area contributed by atoms with Gasteiger partial charge in [-0.2, -0.15) is 0 Å². The first-order valence-electron chi connectivity index (χ1n) is 1.69. The SMILES string of the molecule is O=C(O)CN=CP. The van der Waals surface area contributed by atoms with Gasteiger partial charge in [0.1, 0.15) is 6.54 Å². The molecule has 0 radical (unpaired) electrons. The average Bonchev–Trinajstić information content (AvgIpc) is 1.61. The Hall–Kier alpha value is -0.430. The standard InChI is InChI=1S/C3H6NO2P/c5-3(6)1-4-2-7/h2H,1,7H2,(H,5,6). The lowest BCUT2D eigenvalue weighted by Crippen LogP contribution is -1.97. The molecule has 0 saturated carbocycles. The van der Waals surface area contributed by atoms with Crippen LogP contribution >= 0.6 is 9.24 Å². The minimum atomic E-state index is -0.904. The van der Waals surface area contributed by atoms with Crippen LogP contribution in [0.3, 0.4) is 0 Å². The lowest BCUT2D eigenvalue weighted by atomic mass is 10.7. The summed E-state index contributed by atoms with van der Waals surface area (Å²) in [4.78, 5) is 13.0. The molecule has 0 aliphatic carbocycles. The second-order valence-electron chi connectivity index (χ2n) is 0.883. The van der Waals surface area contributed by atoms with Gasteiger partial charge in [-0.3, -0.25) is 9.79 Å². The zero-order chi connectivity index (χ0) is 5.70. The van der Waals surface area contributed by atoms with Gasteiger partial charge in [-0.15, -0.1) is 0 Å². The Morgan fingerprint density at radius 2 is 2.57 bits per heavy atom. The van der Waals surface area contributed by atoms with Gasteiger partial charge in [0.2, 0.25) is 0 Å². The Morgan fingerprint density at radius 3 is 2.71 bits per heavy atom. The van der Waals surface area contributed by atoms with E-state index in [1.165, 1.54) is 5.96 Å². The highest BCUT2D eigenvalue weighted by Gasteiger charge is 1.86. The molecule has 0 aromatic rings. The van der Waals surface area contributed by atoms with Crippen LogP contribution in [-0.4, -0.2) is 23.6 Å². The van der Waals surface area contributed by atoms with E-state index < -0.39 is 5.97 Å². The van der Waals surface area contributed by atoms with Gasteiger partial charge in [0.05, 0.1) is 0 Å². The molecule has 0 fully saturated rings. The number of hydrogen-bond donors (Lipinski definition) is 1. The van der Waals surface area contributed by atoms with E-state index in [1.54, 1.807) is 0 Å². The van der Waals surface area contributed by atoms with E-state index in [4.69, 9.17) is 5.11 Å². The monoisotopic (exact) mass is 119 g/mol. The van der Waals surface area contributed by atoms with Crippen molar-refractivity contribution in [2.75, 3.05) is 6.54 Å². The van der Waals surface area contributed by atoms with E-state index >= 15 is 0 Å². The van der Waals surface area contributed by atoms with E-state index in [-0.39, 0.29) is 6.54 Å². The number of aliphatic carboxylic acids is 1. The highest BCUT2D eigenvalue weighted by Crippen LogP contribution is 1.71.